The predicted octanol–water partition coefficient (Wildman–Crippen LogP) is 5.05. The lowest BCUT2D eigenvalue weighted by Gasteiger charge is -2.06. The molecule has 0 saturated heterocycles. The van der Waals surface area contributed by atoms with E-state index >= 15 is 0 Å². The topological polar surface area (TPSA) is 46.9 Å². The lowest BCUT2D eigenvalue weighted by atomic mass is 10.1. The van der Waals surface area contributed by atoms with Gasteiger partial charge in [-0.3, -0.25) is 9.48 Å². The number of rotatable bonds is 4. The molecular formula is C18H14BrClFN3O. The van der Waals surface area contributed by atoms with Crippen molar-refractivity contribution in [1.82, 2.24) is 9.78 Å². The van der Waals surface area contributed by atoms with Crippen LogP contribution in [-0.4, -0.2) is 15.7 Å². The van der Waals surface area contributed by atoms with Crippen molar-refractivity contribution in [3.8, 4) is 0 Å². The normalized spacial score (nSPS) is 10.7. The van der Waals surface area contributed by atoms with Crippen molar-refractivity contribution in [3.63, 3.8) is 0 Å². The molecule has 0 aliphatic carbocycles. The van der Waals surface area contributed by atoms with E-state index < -0.39 is 5.82 Å². The highest BCUT2D eigenvalue weighted by atomic mass is 79.9. The third-order valence-corrected chi connectivity index (χ3v) is 4.55. The van der Waals surface area contributed by atoms with Gasteiger partial charge in [0.05, 0.1) is 11.0 Å². The number of nitrogens with zero attached hydrogens (tertiary/aromatic N) is 2. The Kier molecular flexibility index (Phi) is 5.20. The third kappa shape index (κ3) is 4.08. The SMILES string of the molecule is Cc1cccc(C(=O)Nc2nn(Cc3c(F)cccc3Cl)cc2Br)c1. The molecule has 2 aromatic carbocycles. The largest absolute Gasteiger partial charge is 0.304 e. The first-order chi connectivity index (χ1) is 11.9. The summed E-state index contributed by atoms with van der Waals surface area (Å²) in [5.41, 5.74) is 1.88. The summed E-state index contributed by atoms with van der Waals surface area (Å²) < 4.78 is 16.0. The van der Waals surface area contributed by atoms with Crippen LogP contribution in [0.25, 0.3) is 0 Å². The molecule has 0 fully saturated rings. The third-order valence-electron chi connectivity index (χ3n) is 3.61. The number of hydrogen-bond donors (Lipinski definition) is 1. The summed E-state index contributed by atoms with van der Waals surface area (Å²) in [6.07, 6.45) is 1.66. The second kappa shape index (κ2) is 7.37. The number of carbonyl (C=O) groups excluding carboxylic acids is 1. The van der Waals surface area contributed by atoms with Crippen LogP contribution >= 0.6 is 27.5 Å². The van der Waals surface area contributed by atoms with E-state index in [0.717, 1.165) is 5.56 Å². The molecule has 1 heterocycles. The maximum absolute atomic E-state index is 13.9. The molecule has 0 aliphatic heterocycles. The molecule has 0 bridgehead atoms. The van der Waals surface area contributed by atoms with Crippen LogP contribution in [0.5, 0.6) is 0 Å². The van der Waals surface area contributed by atoms with Crippen molar-refractivity contribution in [2.24, 2.45) is 0 Å². The molecule has 1 N–H and O–H groups in total. The van der Waals surface area contributed by atoms with Crippen LogP contribution in [0.3, 0.4) is 0 Å². The number of aromatic nitrogens is 2. The quantitative estimate of drug-likeness (QED) is 0.640. The summed E-state index contributed by atoms with van der Waals surface area (Å²) in [5, 5.41) is 7.36. The fraction of sp³-hybridized carbons (Fsp3) is 0.111. The molecule has 7 heteroatoms. The van der Waals surface area contributed by atoms with Gasteiger partial charge in [0.15, 0.2) is 5.82 Å². The zero-order chi connectivity index (χ0) is 18.0. The van der Waals surface area contributed by atoms with E-state index in [1.54, 1.807) is 30.5 Å². The number of anilines is 1. The van der Waals surface area contributed by atoms with Crippen molar-refractivity contribution in [3.05, 3.63) is 80.7 Å². The first kappa shape index (κ1) is 17.6. The average molecular weight is 423 g/mol. The lowest BCUT2D eigenvalue weighted by Crippen LogP contribution is -2.13. The molecule has 0 spiro atoms. The second-order valence-corrected chi connectivity index (χ2v) is 6.81. The monoisotopic (exact) mass is 421 g/mol. The molecule has 25 heavy (non-hydrogen) atoms. The summed E-state index contributed by atoms with van der Waals surface area (Å²) in [4.78, 5) is 12.3. The fourth-order valence-corrected chi connectivity index (χ4v) is 3.01. The highest BCUT2D eigenvalue weighted by Gasteiger charge is 2.14. The van der Waals surface area contributed by atoms with Gasteiger partial charge in [-0.1, -0.05) is 35.4 Å². The van der Waals surface area contributed by atoms with E-state index in [0.29, 0.717) is 26.4 Å². The maximum atomic E-state index is 13.9. The van der Waals surface area contributed by atoms with E-state index in [9.17, 15) is 9.18 Å². The van der Waals surface area contributed by atoms with E-state index in [-0.39, 0.29) is 12.5 Å². The maximum Gasteiger partial charge on any atom is 0.256 e. The van der Waals surface area contributed by atoms with Crippen LogP contribution in [0.2, 0.25) is 5.02 Å². The number of nitrogens with one attached hydrogen (secondary N) is 1. The summed E-state index contributed by atoms with van der Waals surface area (Å²) >= 11 is 9.40. The summed E-state index contributed by atoms with van der Waals surface area (Å²) in [6.45, 7) is 2.07. The molecule has 4 nitrogen and oxygen atoms in total. The highest BCUT2D eigenvalue weighted by molar-refractivity contribution is 9.10. The number of benzene rings is 2. The second-order valence-electron chi connectivity index (χ2n) is 5.55. The van der Waals surface area contributed by atoms with Crippen LogP contribution in [0.15, 0.2) is 53.1 Å². The number of amides is 1. The molecule has 0 saturated carbocycles. The Morgan fingerprint density at radius 1 is 1.32 bits per heavy atom. The smallest absolute Gasteiger partial charge is 0.256 e. The molecule has 3 rings (SSSR count). The van der Waals surface area contributed by atoms with Crippen molar-refractivity contribution in [2.45, 2.75) is 13.5 Å². The van der Waals surface area contributed by atoms with E-state index in [1.807, 2.05) is 19.1 Å². The first-order valence-electron chi connectivity index (χ1n) is 7.48. The van der Waals surface area contributed by atoms with Gasteiger partial charge < -0.3 is 5.32 Å². The van der Waals surface area contributed by atoms with Gasteiger partial charge in [0.2, 0.25) is 0 Å². The Morgan fingerprint density at radius 3 is 2.80 bits per heavy atom. The van der Waals surface area contributed by atoms with Gasteiger partial charge in [-0.05, 0) is 47.1 Å². The molecular weight excluding hydrogens is 409 g/mol. The minimum atomic E-state index is -0.399. The molecule has 3 aromatic rings. The number of carbonyl (C=O) groups is 1. The molecule has 1 amide bonds. The van der Waals surface area contributed by atoms with E-state index in [2.05, 4.69) is 26.3 Å². The number of halogens is 3. The standard InChI is InChI=1S/C18H14BrClFN3O/c1-11-4-2-5-12(8-11)18(25)22-17-14(19)10-24(23-17)9-13-15(20)6-3-7-16(13)21/h2-8,10H,9H2,1H3,(H,22,23,25). The van der Waals surface area contributed by atoms with Gasteiger partial charge in [0, 0.05) is 22.3 Å². The van der Waals surface area contributed by atoms with E-state index in [4.69, 9.17) is 11.6 Å². The van der Waals surface area contributed by atoms with Gasteiger partial charge >= 0.3 is 0 Å². The average Bonchev–Trinajstić information content (AvgIpc) is 2.90. The van der Waals surface area contributed by atoms with Crippen molar-refractivity contribution < 1.29 is 9.18 Å². The Morgan fingerprint density at radius 2 is 2.08 bits per heavy atom. The first-order valence-corrected chi connectivity index (χ1v) is 8.65. The Hall–Kier alpha value is -2.18. The minimum absolute atomic E-state index is 0.157. The van der Waals surface area contributed by atoms with Gasteiger partial charge in [0.25, 0.3) is 5.91 Å². The van der Waals surface area contributed by atoms with Crippen LogP contribution in [0, 0.1) is 12.7 Å². The molecule has 0 radical (unpaired) electrons. The zero-order valence-corrected chi connectivity index (χ0v) is 15.6. The molecule has 128 valence electrons. The van der Waals surface area contributed by atoms with Gasteiger partial charge in [-0.2, -0.15) is 5.10 Å². The highest BCUT2D eigenvalue weighted by Crippen LogP contribution is 2.24. The van der Waals surface area contributed by atoms with Gasteiger partial charge in [-0.25, -0.2) is 4.39 Å². The summed E-state index contributed by atoms with van der Waals surface area (Å²) in [7, 11) is 0. The predicted molar refractivity (Wildman–Crippen MR) is 99.6 cm³/mol. The van der Waals surface area contributed by atoms with Crippen LogP contribution in [0.1, 0.15) is 21.5 Å². The van der Waals surface area contributed by atoms with Crippen LogP contribution < -0.4 is 5.32 Å². The fourth-order valence-electron chi connectivity index (χ4n) is 2.37. The Balaban J connectivity index is 1.80. The van der Waals surface area contributed by atoms with E-state index in [1.165, 1.54) is 10.7 Å². The Labute approximate surface area is 157 Å². The summed E-state index contributed by atoms with van der Waals surface area (Å²) in [5.74, 6) is -0.304. The van der Waals surface area contributed by atoms with Crippen molar-refractivity contribution >= 4 is 39.3 Å². The van der Waals surface area contributed by atoms with Gasteiger partial charge in [0.1, 0.15) is 5.82 Å². The van der Waals surface area contributed by atoms with Crippen LogP contribution in [-0.2, 0) is 6.54 Å². The lowest BCUT2D eigenvalue weighted by molar-refractivity contribution is 0.102. The number of hydrogen-bond acceptors (Lipinski definition) is 2. The summed E-state index contributed by atoms with van der Waals surface area (Å²) in [6, 6.07) is 11.8. The van der Waals surface area contributed by atoms with Crippen LogP contribution in [0.4, 0.5) is 10.2 Å². The molecule has 0 aliphatic rings. The molecule has 0 atom stereocenters. The minimum Gasteiger partial charge on any atom is -0.304 e. The van der Waals surface area contributed by atoms with Crippen molar-refractivity contribution in [1.29, 1.82) is 0 Å². The number of aryl methyl sites for hydroxylation is 1. The zero-order valence-electron chi connectivity index (χ0n) is 13.3. The Bertz CT molecular complexity index is 922. The van der Waals surface area contributed by atoms with Crippen molar-refractivity contribution in [2.75, 3.05) is 5.32 Å². The van der Waals surface area contributed by atoms with Gasteiger partial charge in [-0.15, -0.1) is 0 Å². The molecule has 1 aromatic heterocycles. The molecule has 0 unspecified atom stereocenters.